The molecule has 0 aromatic heterocycles. The Bertz CT molecular complexity index is 593. The van der Waals surface area contributed by atoms with Crippen molar-refractivity contribution in [3.8, 4) is 0 Å². The Balaban J connectivity index is 2.27. The molecule has 0 saturated carbocycles. The molecule has 0 aliphatic rings. The van der Waals surface area contributed by atoms with Crippen LogP contribution in [-0.4, -0.2) is 0 Å². The second kappa shape index (κ2) is 5.39. The Morgan fingerprint density at radius 2 is 1.74 bits per heavy atom. The highest BCUT2D eigenvalue weighted by Crippen LogP contribution is 2.25. The van der Waals surface area contributed by atoms with Gasteiger partial charge in [-0.3, -0.25) is 0 Å². The van der Waals surface area contributed by atoms with Crippen molar-refractivity contribution in [2.24, 2.45) is 0 Å². The number of hydrogen-bond donors (Lipinski definition) is 1. The number of nitrogens with one attached hydrogen (secondary N) is 1. The zero-order chi connectivity index (χ0) is 14.0. The standard InChI is InChI=1S/C16H17F2N/c1-10-4-5-11(2)16(8-10)19-12(3)14-9-13(17)6-7-15(14)18/h4-9,12,19H,1-3H3. The van der Waals surface area contributed by atoms with Crippen LogP contribution in [0.5, 0.6) is 0 Å². The highest BCUT2D eigenvalue weighted by Gasteiger charge is 2.12. The van der Waals surface area contributed by atoms with Crippen LogP contribution in [0.3, 0.4) is 0 Å². The van der Waals surface area contributed by atoms with Crippen LogP contribution in [0.1, 0.15) is 29.7 Å². The van der Waals surface area contributed by atoms with E-state index in [1.807, 2.05) is 39.0 Å². The lowest BCUT2D eigenvalue weighted by Gasteiger charge is -2.18. The van der Waals surface area contributed by atoms with Crippen LogP contribution < -0.4 is 5.32 Å². The molecule has 0 heterocycles. The number of aryl methyl sites for hydroxylation is 2. The summed E-state index contributed by atoms with van der Waals surface area (Å²) in [4.78, 5) is 0. The van der Waals surface area contributed by atoms with E-state index in [2.05, 4.69) is 5.32 Å². The minimum Gasteiger partial charge on any atom is -0.378 e. The molecule has 0 saturated heterocycles. The van der Waals surface area contributed by atoms with Gasteiger partial charge in [-0.05, 0) is 56.2 Å². The third kappa shape index (κ3) is 3.11. The number of benzene rings is 2. The second-order valence-corrected chi connectivity index (χ2v) is 4.85. The smallest absolute Gasteiger partial charge is 0.128 e. The Hall–Kier alpha value is -1.90. The quantitative estimate of drug-likeness (QED) is 0.840. The molecule has 1 atom stereocenters. The molecule has 2 aromatic rings. The van der Waals surface area contributed by atoms with Gasteiger partial charge in [0.15, 0.2) is 0 Å². The zero-order valence-electron chi connectivity index (χ0n) is 11.3. The van der Waals surface area contributed by atoms with Crippen LogP contribution in [0.4, 0.5) is 14.5 Å². The summed E-state index contributed by atoms with van der Waals surface area (Å²) in [5.74, 6) is -0.822. The second-order valence-electron chi connectivity index (χ2n) is 4.85. The van der Waals surface area contributed by atoms with Gasteiger partial charge in [0.2, 0.25) is 0 Å². The van der Waals surface area contributed by atoms with Gasteiger partial charge in [-0.1, -0.05) is 12.1 Å². The maximum Gasteiger partial charge on any atom is 0.128 e. The molecule has 0 bridgehead atoms. The van der Waals surface area contributed by atoms with Gasteiger partial charge in [0, 0.05) is 11.3 Å². The van der Waals surface area contributed by atoms with Gasteiger partial charge in [-0.25, -0.2) is 8.78 Å². The van der Waals surface area contributed by atoms with Gasteiger partial charge in [-0.2, -0.15) is 0 Å². The summed E-state index contributed by atoms with van der Waals surface area (Å²) in [6.07, 6.45) is 0. The van der Waals surface area contributed by atoms with Crippen LogP contribution >= 0.6 is 0 Å². The van der Waals surface area contributed by atoms with Crippen molar-refractivity contribution in [2.75, 3.05) is 5.32 Å². The molecule has 0 spiro atoms. The first-order chi connectivity index (χ1) is 8.97. The van der Waals surface area contributed by atoms with Crippen molar-refractivity contribution in [3.63, 3.8) is 0 Å². The van der Waals surface area contributed by atoms with E-state index in [0.29, 0.717) is 5.56 Å². The van der Waals surface area contributed by atoms with E-state index in [1.54, 1.807) is 0 Å². The summed E-state index contributed by atoms with van der Waals surface area (Å²) >= 11 is 0. The Labute approximate surface area is 112 Å². The Kier molecular flexibility index (Phi) is 3.84. The average Bonchev–Trinajstić information content (AvgIpc) is 2.36. The molecular formula is C16H17F2N. The van der Waals surface area contributed by atoms with Crippen molar-refractivity contribution in [1.82, 2.24) is 0 Å². The zero-order valence-corrected chi connectivity index (χ0v) is 11.3. The predicted octanol–water partition coefficient (Wildman–Crippen LogP) is 4.75. The normalized spacial score (nSPS) is 12.3. The SMILES string of the molecule is Cc1ccc(C)c(NC(C)c2cc(F)ccc2F)c1. The minimum atomic E-state index is -0.425. The Morgan fingerprint density at radius 3 is 2.47 bits per heavy atom. The third-order valence-electron chi connectivity index (χ3n) is 3.19. The molecular weight excluding hydrogens is 244 g/mol. The summed E-state index contributed by atoms with van der Waals surface area (Å²) in [7, 11) is 0. The van der Waals surface area contributed by atoms with E-state index >= 15 is 0 Å². The van der Waals surface area contributed by atoms with Crippen molar-refractivity contribution >= 4 is 5.69 Å². The van der Waals surface area contributed by atoms with Gasteiger partial charge in [0.25, 0.3) is 0 Å². The summed E-state index contributed by atoms with van der Waals surface area (Å²) < 4.78 is 26.9. The summed E-state index contributed by atoms with van der Waals surface area (Å²) in [5.41, 5.74) is 3.48. The van der Waals surface area contributed by atoms with Gasteiger partial charge in [0.1, 0.15) is 11.6 Å². The molecule has 0 amide bonds. The number of anilines is 1. The first kappa shape index (κ1) is 13.5. The Morgan fingerprint density at radius 1 is 1.00 bits per heavy atom. The molecule has 19 heavy (non-hydrogen) atoms. The summed E-state index contributed by atoms with van der Waals surface area (Å²) in [5, 5.41) is 3.23. The van der Waals surface area contributed by atoms with E-state index in [0.717, 1.165) is 28.9 Å². The fourth-order valence-corrected chi connectivity index (χ4v) is 2.05. The van der Waals surface area contributed by atoms with E-state index in [9.17, 15) is 8.78 Å². The van der Waals surface area contributed by atoms with Crippen LogP contribution in [-0.2, 0) is 0 Å². The monoisotopic (exact) mass is 261 g/mol. The van der Waals surface area contributed by atoms with Gasteiger partial charge < -0.3 is 5.32 Å². The first-order valence-corrected chi connectivity index (χ1v) is 6.26. The topological polar surface area (TPSA) is 12.0 Å². The number of rotatable bonds is 3. The highest BCUT2D eigenvalue weighted by molar-refractivity contribution is 5.53. The fourth-order valence-electron chi connectivity index (χ4n) is 2.05. The molecule has 0 radical (unpaired) electrons. The van der Waals surface area contributed by atoms with Crippen LogP contribution in [0.2, 0.25) is 0 Å². The van der Waals surface area contributed by atoms with Crippen LogP contribution in [0, 0.1) is 25.5 Å². The summed E-state index contributed by atoms with van der Waals surface area (Å²) in [6, 6.07) is 9.26. The molecule has 1 unspecified atom stereocenters. The summed E-state index contributed by atoms with van der Waals surface area (Å²) in [6.45, 7) is 5.80. The fraction of sp³-hybridized carbons (Fsp3) is 0.250. The van der Waals surface area contributed by atoms with Crippen LogP contribution in [0.15, 0.2) is 36.4 Å². The lowest BCUT2D eigenvalue weighted by Crippen LogP contribution is -2.10. The van der Waals surface area contributed by atoms with Crippen molar-refractivity contribution in [2.45, 2.75) is 26.8 Å². The molecule has 2 aromatic carbocycles. The first-order valence-electron chi connectivity index (χ1n) is 6.26. The number of halogens is 2. The molecule has 0 fully saturated rings. The van der Waals surface area contributed by atoms with E-state index in [1.165, 1.54) is 6.07 Å². The van der Waals surface area contributed by atoms with Gasteiger partial charge in [-0.15, -0.1) is 0 Å². The van der Waals surface area contributed by atoms with Gasteiger partial charge in [0.05, 0.1) is 6.04 Å². The van der Waals surface area contributed by atoms with E-state index in [-0.39, 0.29) is 6.04 Å². The predicted molar refractivity (Wildman–Crippen MR) is 74.3 cm³/mol. The lowest BCUT2D eigenvalue weighted by molar-refractivity contribution is 0.577. The largest absolute Gasteiger partial charge is 0.378 e. The van der Waals surface area contributed by atoms with Crippen LogP contribution in [0.25, 0.3) is 0 Å². The van der Waals surface area contributed by atoms with E-state index < -0.39 is 11.6 Å². The molecule has 3 heteroatoms. The lowest BCUT2D eigenvalue weighted by atomic mass is 10.1. The molecule has 2 rings (SSSR count). The maximum atomic E-state index is 13.7. The molecule has 1 nitrogen and oxygen atoms in total. The number of hydrogen-bond acceptors (Lipinski definition) is 1. The highest BCUT2D eigenvalue weighted by atomic mass is 19.1. The van der Waals surface area contributed by atoms with Crippen molar-refractivity contribution < 1.29 is 8.78 Å². The van der Waals surface area contributed by atoms with E-state index in [4.69, 9.17) is 0 Å². The van der Waals surface area contributed by atoms with Gasteiger partial charge >= 0.3 is 0 Å². The molecule has 1 N–H and O–H groups in total. The average molecular weight is 261 g/mol. The van der Waals surface area contributed by atoms with Crippen molar-refractivity contribution in [1.29, 1.82) is 0 Å². The van der Waals surface area contributed by atoms with Crippen molar-refractivity contribution in [3.05, 3.63) is 64.7 Å². The molecule has 100 valence electrons. The molecule has 0 aliphatic carbocycles. The third-order valence-corrected chi connectivity index (χ3v) is 3.19. The minimum absolute atomic E-state index is 0.295. The molecule has 0 aliphatic heterocycles. The maximum absolute atomic E-state index is 13.7.